The summed E-state index contributed by atoms with van der Waals surface area (Å²) in [5.74, 6) is -0.894. The fraction of sp³-hybridized carbons (Fsp3) is 0.833. The minimum atomic E-state index is -1.01. The van der Waals surface area contributed by atoms with Crippen molar-refractivity contribution in [1.29, 1.82) is 0 Å². The second-order valence-electron chi connectivity index (χ2n) is 5.03. The van der Waals surface area contributed by atoms with Gasteiger partial charge < -0.3 is 20.0 Å². The number of carboxylic acid groups (broad SMARTS) is 1. The zero-order chi connectivity index (χ0) is 13.7. The summed E-state index contributed by atoms with van der Waals surface area (Å²) in [4.78, 5) is 26.0. The number of hydrogen-bond donors (Lipinski definition) is 2. The van der Waals surface area contributed by atoms with E-state index in [-0.39, 0.29) is 31.1 Å². The van der Waals surface area contributed by atoms with E-state index in [0.29, 0.717) is 13.1 Å². The van der Waals surface area contributed by atoms with Crippen molar-refractivity contribution in [3.05, 3.63) is 0 Å². The van der Waals surface area contributed by atoms with Crippen LogP contribution in [-0.4, -0.2) is 64.3 Å². The molecule has 1 fully saturated rings. The first-order chi connectivity index (χ1) is 8.45. The third kappa shape index (κ3) is 3.87. The van der Waals surface area contributed by atoms with Crippen molar-refractivity contribution in [2.45, 2.75) is 32.7 Å². The molecule has 2 amide bonds. The van der Waals surface area contributed by atoms with Crippen molar-refractivity contribution in [3.63, 3.8) is 0 Å². The Labute approximate surface area is 107 Å². The lowest BCUT2D eigenvalue weighted by molar-refractivity contribution is -0.138. The van der Waals surface area contributed by atoms with E-state index < -0.39 is 5.97 Å². The van der Waals surface area contributed by atoms with Gasteiger partial charge in [0.2, 0.25) is 0 Å². The summed E-state index contributed by atoms with van der Waals surface area (Å²) in [5, 5.41) is 18.0. The first-order valence-corrected chi connectivity index (χ1v) is 6.34. The standard InChI is InChI=1S/C12H22N2O4/c1-9(2)14(7-11(16)17)12(18)13-5-3-4-10(6-13)8-15/h9-10,15H,3-8H2,1-2H3,(H,16,17). The number of rotatable bonds is 4. The molecule has 0 aromatic rings. The number of piperidine rings is 1. The predicted octanol–water partition coefficient (Wildman–Crippen LogP) is 0.606. The summed E-state index contributed by atoms with van der Waals surface area (Å²) in [6.45, 7) is 4.54. The lowest BCUT2D eigenvalue weighted by Crippen LogP contribution is -2.51. The zero-order valence-electron chi connectivity index (χ0n) is 11.0. The van der Waals surface area contributed by atoms with Crippen molar-refractivity contribution >= 4 is 12.0 Å². The van der Waals surface area contributed by atoms with Gasteiger partial charge in [0.25, 0.3) is 0 Å². The highest BCUT2D eigenvalue weighted by Crippen LogP contribution is 2.18. The molecule has 1 aliphatic rings. The number of carbonyl (C=O) groups excluding carboxylic acids is 1. The molecule has 0 aromatic carbocycles. The fourth-order valence-corrected chi connectivity index (χ4v) is 2.19. The number of carbonyl (C=O) groups is 2. The van der Waals surface area contributed by atoms with Crippen LogP contribution in [0, 0.1) is 5.92 Å². The smallest absolute Gasteiger partial charge is 0.323 e. The molecule has 6 heteroatoms. The molecule has 104 valence electrons. The van der Waals surface area contributed by atoms with E-state index in [1.165, 1.54) is 4.90 Å². The molecular formula is C12H22N2O4. The number of amides is 2. The summed E-state index contributed by atoms with van der Waals surface area (Å²) in [6.07, 6.45) is 1.77. The van der Waals surface area contributed by atoms with E-state index in [9.17, 15) is 9.59 Å². The van der Waals surface area contributed by atoms with Crippen molar-refractivity contribution in [3.8, 4) is 0 Å². The molecule has 0 radical (unpaired) electrons. The molecular weight excluding hydrogens is 236 g/mol. The number of aliphatic hydroxyl groups is 1. The minimum Gasteiger partial charge on any atom is -0.480 e. The number of aliphatic hydroxyl groups excluding tert-OH is 1. The van der Waals surface area contributed by atoms with E-state index in [0.717, 1.165) is 12.8 Å². The van der Waals surface area contributed by atoms with Crippen LogP contribution in [0.25, 0.3) is 0 Å². The Bertz CT molecular complexity index is 306. The molecule has 18 heavy (non-hydrogen) atoms. The average Bonchev–Trinajstić information content (AvgIpc) is 2.34. The molecule has 0 saturated carbocycles. The summed E-state index contributed by atoms with van der Waals surface area (Å²) in [5.41, 5.74) is 0. The Morgan fingerprint density at radius 3 is 2.61 bits per heavy atom. The maximum Gasteiger partial charge on any atom is 0.323 e. The van der Waals surface area contributed by atoms with E-state index in [4.69, 9.17) is 10.2 Å². The molecule has 1 saturated heterocycles. The van der Waals surface area contributed by atoms with Crippen molar-refractivity contribution in [1.82, 2.24) is 9.80 Å². The number of likely N-dealkylation sites (tertiary alicyclic amines) is 1. The summed E-state index contributed by atoms with van der Waals surface area (Å²) in [7, 11) is 0. The van der Waals surface area contributed by atoms with Crippen LogP contribution in [0.5, 0.6) is 0 Å². The SMILES string of the molecule is CC(C)N(CC(=O)O)C(=O)N1CCCC(CO)C1. The van der Waals surface area contributed by atoms with Crippen molar-refractivity contribution in [2.24, 2.45) is 5.92 Å². The summed E-state index contributed by atoms with van der Waals surface area (Å²) >= 11 is 0. The van der Waals surface area contributed by atoms with Crippen LogP contribution in [0.4, 0.5) is 4.79 Å². The molecule has 1 atom stereocenters. The fourth-order valence-electron chi connectivity index (χ4n) is 2.19. The van der Waals surface area contributed by atoms with Gasteiger partial charge in [-0.15, -0.1) is 0 Å². The van der Waals surface area contributed by atoms with Gasteiger partial charge in [-0.3, -0.25) is 4.79 Å². The van der Waals surface area contributed by atoms with Gasteiger partial charge in [-0.05, 0) is 32.6 Å². The highest BCUT2D eigenvalue weighted by atomic mass is 16.4. The molecule has 2 N–H and O–H groups in total. The predicted molar refractivity (Wildman–Crippen MR) is 66.3 cm³/mol. The lowest BCUT2D eigenvalue weighted by Gasteiger charge is -2.36. The molecule has 0 aromatic heterocycles. The highest BCUT2D eigenvalue weighted by molar-refractivity contribution is 5.80. The second kappa shape index (κ2) is 6.58. The van der Waals surface area contributed by atoms with Crippen LogP contribution >= 0.6 is 0 Å². The van der Waals surface area contributed by atoms with Crippen molar-refractivity contribution < 1.29 is 19.8 Å². The number of aliphatic carboxylic acids is 1. The van der Waals surface area contributed by atoms with Crippen LogP contribution in [0.1, 0.15) is 26.7 Å². The van der Waals surface area contributed by atoms with Gasteiger partial charge in [0.05, 0.1) is 0 Å². The average molecular weight is 258 g/mol. The van der Waals surface area contributed by atoms with Crippen LogP contribution in [0.15, 0.2) is 0 Å². The first-order valence-electron chi connectivity index (χ1n) is 6.34. The molecule has 6 nitrogen and oxygen atoms in total. The molecule has 1 unspecified atom stereocenters. The third-order valence-corrected chi connectivity index (χ3v) is 3.22. The molecule has 1 rings (SSSR count). The monoisotopic (exact) mass is 258 g/mol. The number of nitrogens with zero attached hydrogens (tertiary/aromatic N) is 2. The van der Waals surface area contributed by atoms with Crippen LogP contribution in [-0.2, 0) is 4.79 Å². The first kappa shape index (κ1) is 14.8. The maximum absolute atomic E-state index is 12.2. The summed E-state index contributed by atoms with van der Waals surface area (Å²) < 4.78 is 0. The Balaban J connectivity index is 2.67. The van der Waals surface area contributed by atoms with Crippen molar-refractivity contribution in [2.75, 3.05) is 26.2 Å². The van der Waals surface area contributed by atoms with Gasteiger partial charge in [-0.25, -0.2) is 4.79 Å². The van der Waals surface area contributed by atoms with E-state index in [2.05, 4.69) is 0 Å². The molecule has 0 bridgehead atoms. The topological polar surface area (TPSA) is 81.1 Å². The normalized spacial score (nSPS) is 20.0. The Morgan fingerprint density at radius 2 is 2.11 bits per heavy atom. The van der Waals surface area contributed by atoms with E-state index in [1.807, 2.05) is 0 Å². The van der Waals surface area contributed by atoms with Crippen LogP contribution in [0.2, 0.25) is 0 Å². The molecule has 1 heterocycles. The van der Waals surface area contributed by atoms with Gasteiger partial charge in [-0.1, -0.05) is 0 Å². The third-order valence-electron chi connectivity index (χ3n) is 3.22. The quantitative estimate of drug-likeness (QED) is 0.774. The van der Waals surface area contributed by atoms with Gasteiger partial charge >= 0.3 is 12.0 Å². The van der Waals surface area contributed by atoms with Crippen LogP contribution in [0.3, 0.4) is 0 Å². The second-order valence-corrected chi connectivity index (χ2v) is 5.03. The summed E-state index contributed by atoms with van der Waals surface area (Å²) in [6, 6.07) is -0.395. The Kier molecular flexibility index (Phi) is 5.40. The number of carboxylic acids is 1. The minimum absolute atomic E-state index is 0.0738. The molecule has 0 spiro atoms. The largest absolute Gasteiger partial charge is 0.480 e. The number of hydrogen-bond acceptors (Lipinski definition) is 3. The number of urea groups is 1. The Morgan fingerprint density at radius 1 is 1.44 bits per heavy atom. The Hall–Kier alpha value is -1.30. The maximum atomic E-state index is 12.2. The highest BCUT2D eigenvalue weighted by Gasteiger charge is 2.29. The van der Waals surface area contributed by atoms with Gasteiger partial charge in [-0.2, -0.15) is 0 Å². The molecule has 0 aliphatic carbocycles. The zero-order valence-corrected chi connectivity index (χ0v) is 11.0. The van der Waals surface area contributed by atoms with Gasteiger partial charge in [0, 0.05) is 25.7 Å². The van der Waals surface area contributed by atoms with Crippen LogP contribution < -0.4 is 0 Å². The van der Waals surface area contributed by atoms with E-state index in [1.54, 1.807) is 18.7 Å². The van der Waals surface area contributed by atoms with E-state index >= 15 is 0 Å². The lowest BCUT2D eigenvalue weighted by atomic mass is 9.99. The van der Waals surface area contributed by atoms with Gasteiger partial charge in [0.1, 0.15) is 6.54 Å². The molecule has 1 aliphatic heterocycles. The van der Waals surface area contributed by atoms with Gasteiger partial charge in [0.15, 0.2) is 0 Å².